The molecule has 0 amide bonds. The van der Waals surface area contributed by atoms with Gasteiger partial charge >= 0.3 is 0 Å². The molecule has 0 heterocycles. The summed E-state index contributed by atoms with van der Waals surface area (Å²) in [5.74, 6) is 0.765. The standard InChI is InChI=1S/C16H23NS/c1-18-16(8-4-5-9-16)12-17-11-14-10-13-6-2-3-7-15(13)14/h2-3,6-7,14,17H,4-5,8-12H2,1H3. The predicted molar refractivity (Wildman–Crippen MR) is 80.5 cm³/mol. The van der Waals surface area contributed by atoms with E-state index in [1.54, 1.807) is 11.1 Å². The average Bonchev–Trinajstić information content (AvgIpc) is 2.84. The van der Waals surface area contributed by atoms with Gasteiger partial charge in [0.2, 0.25) is 0 Å². The Morgan fingerprint density at radius 2 is 2.06 bits per heavy atom. The molecule has 98 valence electrons. The van der Waals surface area contributed by atoms with E-state index in [9.17, 15) is 0 Å². The maximum atomic E-state index is 3.74. The third-order valence-electron chi connectivity index (χ3n) is 4.75. The van der Waals surface area contributed by atoms with Gasteiger partial charge in [-0.15, -0.1) is 0 Å². The van der Waals surface area contributed by atoms with Crippen LogP contribution in [0.15, 0.2) is 24.3 Å². The van der Waals surface area contributed by atoms with Crippen molar-refractivity contribution in [3.63, 3.8) is 0 Å². The van der Waals surface area contributed by atoms with Gasteiger partial charge in [0.15, 0.2) is 0 Å². The van der Waals surface area contributed by atoms with Crippen molar-refractivity contribution in [2.24, 2.45) is 0 Å². The molecule has 0 aliphatic heterocycles. The number of hydrogen-bond acceptors (Lipinski definition) is 2. The summed E-state index contributed by atoms with van der Waals surface area (Å²) in [5.41, 5.74) is 3.14. The molecule has 1 unspecified atom stereocenters. The Kier molecular flexibility index (Phi) is 3.67. The molecule has 0 spiro atoms. The first-order chi connectivity index (χ1) is 8.83. The number of benzene rings is 1. The quantitative estimate of drug-likeness (QED) is 0.869. The Morgan fingerprint density at radius 3 is 2.78 bits per heavy atom. The molecule has 1 fully saturated rings. The third kappa shape index (κ3) is 2.33. The molecule has 1 aromatic rings. The van der Waals surface area contributed by atoms with Gasteiger partial charge in [0, 0.05) is 23.8 Å². The van der Waals surface area contributed by atoms with Crippen LogP contribution in [0, 0.1) is 0 Å². The van der Waals surface area contributed by atoms with Crippen molar-refractivity contribution in [2.45, 2.75) is 42.8 Å². The lowest BCUT2D eigenvalue weighted by molar-refractivity contribution is 0.484. The van der Waals surface area contributed by atoms with Crippen molar-refractivity contribution >= 4 is 11.8 Å². The largest absolute Gasteiger partial charge is 0.315 e. The molecule has 2 aliphatic rings. The minimum atomic E-state index is 0.545. The SMILES string of the molecule is CSC1(CNCC2Cc3ccccc32)CCCC1. The van der Waals surface area contributed by atoms with Crippen LogP contribution in [0.3, 0.4) is 0 Å². The van der Waals surface area contributed by atoms with E-state index in [4.69, 9.17) is 0 Å². The first-order valence-corrected chi connectivity index (χ1v) is 8.39. The Morgan fingerprint density at radius 1 is 1.28 bits per heavy atom. The number of thioether (sulfide) groups is 1. The van der Waals surface area contributed by atoms with E-state index in [2.05, 4.69) is 47.6 Å². The summed E-state index contributed by atoms with van der Waals surface area (Å²) in [7, 11) is 0. The number of fused-ring (bicyclic) bond motifs is 1. The lowest BCUT2D eigenvalue weighted by atomic mass is 9.77. The summed E-state index contributed by atoms with van der Waals surface area (Å²) >= 11 is 2.08. The van der Waals surface area contributed by atoms with Crippen LogP contribution >= 0.6 is 11.8 Å². The van der Waals surface area contributed by atoms with E-state index in [1.807, 2.05) is 0 Å². The van der Waals surface area contributed by atoms with E-state index < -0.39 is 0 Å². The number of rotatable bonds is 5. The zero-order valence-electron chi connectivity index (χ0n) is 11.2. The molecule has 2 heteroatoms. The molecule has 0 saturated heterocycles. The van der Waals surface area contributed by atoms with Crippen LogP contribution in [0.25, 0.3) is 0 Å². The van der Waals surface area contributed by atoms with Crippen molar-refractivity contribution in [1.29, 1.82) is 0 Å². The lowest BCUT2D eigenvalue weighted by Crippen LogP contribution is -2.38. The van der Waals surface area contributed by atoms with Gasteiger partial charge in [0.25, 0.3) is 0 Å². The Hall–Kier alpha value is -0.470. The normalized spacial score (nSPS) is 24.6. The summed E-state index contributed by atoms with van der Waals surface area (Å²) in [5, 5.41) is 3.74. The summed E-state index contributed by atoms with van der Waals surface area (Å²) in [6.07, 6.45) is 9.22. The molecule has 0 aromatic heterocycles. The summed E-state index contributed by atoms with van der Waals surface area (Å²) in [6, 6.07) is 8.90. The zero-order valence-corrected chi connectivity index (χ0v) is 12.1. The fraction of sp³-hybridized carbons (Fsp3) is 0.625. The molecule has 18 heavy (non-hydrogen) atoms. The van der Waals surface area contributed by atoms with Crippen molar-refractivity contribution < 1.29 is 0 Å². The van der Waals surface area contributed by atoms with E-state index in [0.717, 1.165) is 5.92 Å². The van der Waals surface area contributed by atoms with Crippen molar-refractivity contribution in [3.8, 4) is 0 Å². The van der Waals surface area contributed by atoms with E-state index in [-0.39, 0.29) is 0 Å². The van der Waals surface area contributed by atoms with Crippen molar-refractivity contribution in [3.05, 3.63) is 35.4 Å². The minimum Gasteiger partial charge on any atom is -0.315 e. The molecule has 1 N–H and O–H groups in total. The highest BCUT2D eigenvalue weighted by Crippen LogP contribution is 2.40. The van der Waals surface area contributed by atoms with Gasteiger partial charge in [-0.2, -0.15) is 11.8 Å². The van der Waals surface area contributed by atoms with Crippen LogP contribution < -0.4 is 5.32 Å². The maximum Gasteiger partial charge on any atom is 0.0281 e. The second-order valence-electron chi connectivity index (χ2n) is 5.83. The molecule has 1 aromatic carbocycles. The van der Waals surface area contributed by atoms with E-state index in [0.29, 0.717) is 4.75 Å². The third-order valence-corrected chi connectivity index (χ3v) is 6.17. The van der Waals surface area contributed by atoms with E-state index in [1.165, 1.54) is 45.2 Å². The first-order valence-electron chi connectivity index (χ1n) is 7.17. The second-order valence-corrected chi connectivity index (χ2v) is 7.10. The predicted octanol–water partition coefficient (Wildman–Crippen LogP) is 3.59. The highest BCUT2D eigenvalue weighted by atomic mass is 32.2. The smallest absolute Gasteiger partial charge is 0.0281 e. The van der Waals surface area contributed by atoms with Gasteiger partial charge in [-0.1, -0.05) is 37.1 Å². The minimum absolute atomic E-state index is 0.545. The van der Waals surface area contributed by atoms with Crippen molar-refractivity contribution in [2.75, 3.05) is 19.3 Å². The first kappa shape index (κ1) is 12.6. The van der Waals surface area contributed by atoms with Gasteiger partial charge in [0.1, 0.15) is 0 Å². The summed E-state index contributed by atoms with van der Waals surface area (Å²) in [6.45, 7) is 2.37. The molecule has 3 rings (SSSR count). The molecule has 2 aliphatic carbocycles. The highest BCUT2D eigenvalue weighted by molar-refractivity contribution is 8.00. The molecule has 1 saturated carbocycles. The van der Waals surface area contributed by atoms with Crippen LogP contribution in [0.2, 0.25) is 0 Å². The van der Waals surface area contributed by atoms with E-state index >= 15 is 0 Å². The second kappa shape index (κ2) is 5.26. The van der Waals surface area contributed by atoms with Gasteiger partial charge in [0.05, 0.1) is 0 Å². The van der Waals surface area contributed by atoms with Crippen LogP contribution in [0.4, 0.5) is 0 Å². The van der Waals surface area contributed by atoms with Crippen LogP contribution in [-0.2, 0) is 6.42 Å². The fourth-order valence-electron chi connectivity index (χ4n) is 3.49. The summed E-state index contributed by atoms with van der Waals surface area (Å²) in [4.78, 5) is 0. The van der Waals surface area contributed by atoms with Gasteiger partial charge in [-0.25, -0.2) is 0 Å². The maximum absolute atomic E-state index is 3.74. The van der Waals surface area contributed by atoms with Crippen LogP contribution in [0.5, 0.6) is 0 Å². The average molecular weight is 261 g/mol. The Balaban J connectivity index is 1.49. The highest BCUT2D eigenvalue weighted by Gasteiger charge is 2.33. The van der Waals surface area contributed by atoms with Crippen LogP contribution in [-0.4, -0.2) is 24.1 Å². The van der Waals surface area contributed by atoms with Gasteiger partial charge < -0.3 is 5.32 Å². The lowest BCUT2D eigenvalue weighted by Gasteiger charge is -2.33. The number of hydrogen-bond donors (Lipinski definition) is 1. The van der Waals surface area contributed by atoms with Crippen molar-refractivity contribution in [1.82, 2.24) is 5.32 Å². The molecule has 1 atom stereocenters. The monoisotopic (exact) mass is 261 g/mol. The summed E-state index contributed by atoms with van der Waals surface area (Å²) < 4.78 is 0.545. The topological polar surface area (TPSA) is 12.0 Å². The molecular weight excluding hydrogens is 238 g/mol. The fourth-order valence-corrected chi connectivity index (χ4v) is 4.43. The zero-order chi connectivity index (χ0) is 12.4. The molecule has 0 radical (unpaired) electrons. The number of nitrogens with one attached hydrogen (secondary N) is 1. The van der Waals surface area contributed by atoms with Crippen LogP contribution in [0.1, 0.15) is 42.7 Å². The molecule has 0 bridgehead atoms. The molecular formula is C16H23NS. The van der Waals surface area contributed by atoms with Gasteiger partial charge in [-0.05, 0) is 36.6 Å². The van der Waals surface area contributed by atoms with Gasteiger partial charge in [-0.3, -0.25) is 0 Å². The Labute approximate surface area is 115 Å². The Bertz CT molecular complexity index is 409. The molecule has 1 nitrogen and oxygen atoms in total.